The second-order valence-corrected chi connectivity index (χ2v) is 9.10. The summed E-state index contributed by atoms with van der Waals surface area (Å²) in [5.74, 6) is 0. The van der Waals surface area contributed by atoms with Crippen LogP contribution in [0.15, 0.2) is 24.3 Å². The fourth-order valence-corrected chi connectivity index (χ4v) is 3.28. The van der Waals surface area contributed by atoms with Crippen LogP contribution in [-0.4, -0.2) is 8.07 Å². The van der Waals surface area contributed by atoms with Crippen LogP contribution >= 0.6 is 0 Å². The summed E-state index contributed by atoms with van der Waals surface area (Å²) < 4.78 is 0. The lowest BCUT2D eigenvalue weighted by atomic mass is 10.2. The predicted molar refractivity (Wildman–Crippen MR) is 54.2 cm³/mol. The van der Waals surface area contributed by atoms with Crippen LogP contribution < -0.4 is 5.19 Å². The molecular weight excluding hydrogens is 148 g/mol. The fraction of sp³-hybridized carbons (Fsp3) is 0.400. The van der Waals surface area contributed by atoms with Crippen molar-refractivity contribution >= 4 is 13.3 Å². The normalized spacial score (nSPS) is 11.6. The molecule has 0 saturated heterocycles. The van der Waals surface area contributed by atoms with E-state index in [-0.39, 0.29) is 0 Å². The van der Waals surface area contributed by atoms with Gasteiger partial charge in [0.1, 0.15) is 0 Å². The van der Waals surface area contributed by atoms with E-state index in [2.05, 4.69) is 50.8 Å². The largest absolute Gasteiger partial charge is 0.0779 e. The maximum Gasteiger partial charge on any atom is 0.0779 e. The van der Waals surface area contributed by atoms with Gasteiger partial charge in [0.2, 0.25) is 0 Å². The fourth-order valence-electron chi connectivity index (χ4n) is 1.41. The summed E-state index contributed by atoms with van der Waals surface area (Å²) in [5, 5.41) is 1.58. The van der Waals surface area contributed by atoms with Gasteiger partial charge in [0.15, 0.2) is 0 Å². The molecule has 1 heteroatoms. The smallest absolute Gasteiger partial charge is 0.0656 e. The molecular formula is C10H16Si. The van der Waals surface area contributed by atoms with Crippen molar-refractivity contribution in [2.75, 3.05) is 0 Å². The average Bonchev–Trinajstić information content (AvgIpc) is 1.86. The van der Waals surface area contributed by atoms with E-state index in [1.54, 1.807) is 5.19 Å². The lowest BCUT2D eigenvalue weighted by molar-refractivity contribution is 1.49. The van der Waals surface area contributed by atoms with Crippen molar-refractivity contribution in [2.24, 2.45) is 0 Å². The van der Waals surface area contributed by atoms with Crippen molar-refractivity contribution in [3.8, 4) is 0 Å². The maximum absolute atomic E-state index is 2.38. The van der Waals surface area contributed by atoms with E-state index >= 15 is 0 Å². The highest BCUT2D eigenvalue weighted by Crippen LogP contribution is 2.05. The van der Waals surface area contributed by atoms with Gasteiger partial charge in [0, 0.05) is 0 Å². The zero-order valence-corrected chi connectivity index (χ0v) is 8.81. The third kappa shape index (κ3) is 1.93. The minimum atomic E-state index is -1.08. The third-order valence-electron chi connectivity index (χ3n) is 1.95. The van der Waals surface area contributed by atoms with Crippen LogP contribution in [0.1, 0.15) is 5.56 Å². The second kappa shape index (κ2) is 2.82. The van der Waals surface area contributed by atoms with Crippen molar-refractivity contribution in [1.29, 1.82) is 0 Å². The summed E-state index contributed by atoms with van der Waals surface area (Å²) in [6.45, 7) is 9.35. The highest BCUT2D eigenvalue weighted by Gasteiger charge is 2.17. The topological polar surface area (TPSA) is 0 Å². The molecule has 0 heterocycles. The first-order chi connectivity index (χ1) is 5.02. The van der Waals surface area contributed by atoms with E-state index < -0.39 is 8.07 Å². The lowest BCUT2D eigenvalue weighted by Gasteiger charge is -2.18. The summed E-state index contributed by atoms with van der Waals surface area (Å²) >= 11 is 0. The molecule has 0 fully saturated rings. The first-order valence-electron chi connectivity index (χ1n) is 4.08. The van der Waals surface area contributed by atoms with Gasteiger partial charge >= 0.3 is 0 Å². The molecule has 1 rings (SSSR count). The third-order valence-corrected chi connectivity index (χ3v) is 4.13. The van der Waals surface area contributed by atoms with Crippen LogP contribution in [0.4, 0.5) is 0 Å². The van der Waals surface area contributed by atoms with Gasteiger partial charge in [-0.3, -0.25) is 0 Å². The molecule has 0 unspecified atom stereocenters. The molecule has 0 bridgehead atoms. The highest BCUT2D eigenvalue weighted by molar-refractivity contribution is 6.89. The molecule has 1 aromatic carbocycles. The van der Waals surface area contributed by atoms with E-state index in [9.17, 15) is 0 Å². The monoisotopic (exact) mass is 164 g/mol. The van der Waals surface area contributed by atoms with Crippen LogP contribution in [0.2, 0.25) is 19.6 Å². The minimum Gasteiger partial charge on any atom is -0.0656 e. The molecule has 0 N–H and O–H groups in total. The maximum atomic E-state index is 2.38. The van der Waals surface area contributed by atoms with E-state index in [0.717, 1.165) is 0 Å². The van der Waals surface area contributed by atoms with Gasteiger partial charge in [0.05, 0.1) is 8.07 Å². The average molecular weight is 164 g/mol. The van der Waals surface area contributed by atoms with Gasteiger partial charge in [-0.15, -0.1) is 0 Å². The molecule has 0 nitrogen and oxygen atoms in total. The summed E-state index contributed by atoms with van der Waals surface area (Å²) in [4.78, 5) is 0. The summed E-state index contributed by atoms with van der Waals surface area (Å²) in [5.41, 5.74) is 1.45. The zero-order chi connectivity index (χ0) is 8.48. The summed E-state index contributed by atoms with van der Waals surface area (Å²) in [6.07, 6.45) is 0. The minimum absolute atomic E-state index is 1.08. The summed E-state index contributed by atoms with van der Waals surface area (Å²) in [7, 11) is -1.08. The molecule has 0 aliphatic carbocycles. The van der Waals surface area contributed by atoms with Crippen LogP contribution in [0.25, 0.3) is 0 Å². The van der Waals surface area contributed by atoms with Crippen LogP contribution in [-0.2, 0) is 0 Å². The van der Waals surface area contributed by atoms with Crippen LogP contribution in [0.5, 0.6) is 0 Å². The molecule has 1 aromatic rings. The van der Waals surface area contributed by atoms with Crippen molar-refractivity contribution < 1.29 is 0 Å². The lowest BCUT2D eigenvalue weighted by Crippen LogP contribution is -2.39. The Morgan fingerprint density at radius 2 is 1.55 bits per heavy atom. The number of hydrogen-bond acceptors (Lipinski definition) is 0. The van der Waals surface area contributed by atoms with Gasteiger partial charge in [-0.2, -0.15) is 0 Å². The molecule has 0 amide bonds. The molecule has 0 spiro atoms. The van der Waals surface area contributed by atoms with Crippen LogP contribution in [0, 0.1) is 6.92 Å². The number of hydrogen-bond donors (Lipinski definition) is 0. The molecule has 0 aromatic heterocycles. The van der Waals surface area contributed by atoms with Gasteiger partial charge in [-0.1, -0.05) is 54.7 Å². The van der Waals surface area contributed by atoms with Crippen molar-refractivity contribution in [3.05, 3.63) is 29.8 Å². The molecule has 11 heavy (non-hydrogen) atoms. The molecule has 0 aliphatic heterocycles. The quantitative estimate of drug-likeness (QED) is 0.560. The van der Waals surface area contributed by atoms with Gasteiger partial charge < -0.3 is 0 Å². The Hall–Kier alpha value is -0.563. The Kier molecular flexibility index (Phi) is 2.19. The zero-order valence-electron chi connectivity index (χ0n) is 7.81. The second-order valence-electron chi connectivity index (χ2n) is 4.06. The molecule has 0 saturated carbocycles. The predicted octanol–water partition coefficient (Wildman–Crippen LogP) is 2.54. The van der Waals surface area contributed by atoms with Gasteiger partial charge in [-0.05, 0) is 6.92 Å². The van der Waals surface area contributed by atoms with Crippen LogP contribution in [0.3, 0.4) is 0 Å². The number of rotatable bonds is 1. The summed E-state index contributed by atoms with van der Waals surface area (Å²) in [6, 6.07) is 8.72. The Bertz CT molecular complexity index is 245. The highest BCUT2D eigenvalue weighted by atomic mass is 28.3. The van der Waals surface area contributed by atoms with Crippen molar-refractivity contribution in [3.63, 3.8) is 0 Å². The van der Waals surface area contributed by atoms with Gasteiger partial charge in [0.25, 0.3) is 0 Å². The van der Waals surface area contributed by atoms with E-state index in [4.69, 9.17) is 0 Å². The Morgan fingerprint density at radius 1 is 1.00 bits per heavy atom. The Balaban J connectivity index is 3.14. The van der Waals surface area contributed by atoms with Crippen molar-refractivity contribution in [1.82, 2.24) is 0 Å². The molecule has 0 radical (unpaired) electrons. The van der Waals surface area contributed by atoms with E-state index in [1.165, 1.54) is 5.56 Å². The first kappa shape index (κ1) is 8.53. The van der Waals surface area contributed by atoms with E-state index in [0.29, 0.717) is 0 Å². The van der Waals surface area contributed by atoms with Crippen molar-refractivity contribution in [2.45, 2.75) is 26.6 Å². The Morgan fingerprint density at radius 3 is 1.91 bits per heavy atom. The molecule has 60 valence electrons. The Labute approximate surface area is 70.3 Å². The number of benzene rings is 1. The van der Waals surface area contributed by atoms with Gasteiger partial charge in [-0.25, -0.2) is 0 Å². The SMILES string of the molecule is Cc1ccccc1[Si](C)(C)C. The molecule has 0 atom stereocenters. The standard InChI is InChI=1S/C10H16Si/c1-9-7-5-6-8-10(9)11(2,3)4/h5-8H,1-4H3. The molecule has 0 aliphatic rings. The first-order valence-corrected chi connectivity index (χ1v) is 7.58. The number of aryl methyl sites for hydroxylation is 1. The van der Waals surface area contributed by atoms with E-state index in [1.807, 2.05) is 0 Å².